The van der Waals surface area contributed by atoms with Crippen LogP contribution in [0, 0.1) is 17.4 Å². The Morgan fingerprint density at radius 1 is 1.03 bits per heavy atom. The maximum atomic E-state index is 12.4. The van der Waals surface area contributed by atoms with E-state index in [0.29, 0.717) is 9.99 Å². The molecule has 1 saturated heterocycles. The average molecular weight is 534 g/mol. The summed E-state index contributed by atoms with van der Waals surface area (Å²) in [5, 5.41) is 0. The van der Waals surface area contributed by atoms with Crippen LogP contribution in [-0.4, -0.2) is 28.4 Å². The first kappa shape index (κ1) is 21.6. The van der Waals surface area contributed by atoms with Gasteiger partial charge in [-0.3, -0.25) is 14.3 Å². The zero-order chi connectivity index (χ0) is 22.0. The molecule has 2 heterocycles. The molecule has 3 atom stereocenters. The van der Waals surface area contributed by atoms with E-state index in [9.17, 15) is 9.59 Å². The summed E-state index contributed by atoms with van der Waals surface area (Å²) < 4.78 is 20.1. The monoisotopic (exact) mass is 534 g/mol. The summed E-state index contributed by atoms with van der Waals surface area (Å²) in [4.78, 5) is 26.4. The lowest BCUT2D eigenvalue weighted by Crippen LogP contribution is -2.34. The van der Waals surface area contributed by atoms with Gasteiger partial charge in [-0.2, -0.15) is 0 Å². The van der Waals surface area contributed by atoms with Crippen LogP contribution in [-0.2, 0) is 4.74 Å². The van der Waals surface area contributed by atoms with Crippen molar-refractivity contribution in [2.45, 2.75) is 38.7 Å². The molecule has 0 bridgehead atoms. The van der Waals surface area contributed by atoms with E-state index in [1.807, 2.05) is 85.0 Å². The third-order valence-electron chi connectivity index (χ3n) is 5.16. The fourth-order valence-corrected chi connectivity index (χ4v) is 3.86. The highest BCUT2D eigenvalue weighted by Crippen LogP contribution is 2.32. The Morgan fingerprint density at radius 2 is 1.65 bits per heavy atom. The van der Waals surface area contributed by atoms with Gasteiger partial charge in [-0.25, -0.2) is 4.79 Å². The SMILES string of the molecule is Cc1ccc(OC[C@H]2OC(n3cc(I)c(=O)[nH]c3=O)C[C@@H]2Oc2ccc(C)cc2)cc1. The van der Waals surface area contributed by atoms with Gasteiger partial charge in [-0.15, -0.1) is 0 Å². The molecule has 4 rings (SSSR count). The van der Waals surface area contributed by atoms with Crippen LogP contribution >= 0.6 is 22.6 Å². The number of aryl methyl sites for hydroxylation is 2. The largest absolute Gasteiger partial charge is 0.491 e. The molecule has 162 valence electrons. The minimum Gasteiger partial charge on any atom is -0.491 e. The van der Waals surface area contributed by atoms with Crippen molar-refractivity contribution in [2.24, 2.45) is 0 Å². The highest BCUT2D eigenvalue weighted by molar-refractivity contribution is 14.1. The predicted molar refractivity (Wildman–Crippen MR) is 125 cm³/mol. The minimum absolute atomic E-state index is 0.269. The topological polar surface area (TPSA) is 82.5 Å². The predicted octanol–water partition coefficient (Wildman–Crippen LogP) is 3.57. The van der Waals surface area contributed by atoms with Crippen LogP contribution in [0.4, 0.5) is 0 Å². The van der Waals surface area contributed by atoms with Gasteiger partial charge in [-0.05, 0) is 60.7 Å². The number of aromatic amines is 1. The smallest absolute Gasteiger partial charge is 0.330 e. The molecule has 1 aliphatic rings. The summed E-state index contributed by atoms with van der Waals surface area (Å²) in [6.07, 6.45) is 0.662. The summed E-state index contributed by atoms with van der Waals surface area (Å²) in [5.41, 5.74) is 1.37. The van der Waals surface area contributed by atoms with Crippen molar-refractivity contribution in [1.82, 2.24) is 9.55 Å². The van der Waals surface area contributed by atoms with E-state index < -0.39 is 23.6 Å². The molecule has 1 unspecified atom stereocenters. The van der Waals surface area contributed by atoms with E-state index in [-0.39, 0.29) is 12.7 Å². The van der Waals surface area contributed by atoms with Crippen LogP contribution in [0.3, 0.4) is 0 Å². The van der Waals surface area contributed by atoms with Crippen molar-refractivity contribution in [3.63, 3.8) is 0 Å². The average Bonchev–Trinajstić information content (AvgIpc) is 3.14. The number of nitrogens with zero attached hydrogens (tertiary/aromatic N) is 1. The number of benzene rings is 2. The molecule has 0 radical (unpaired) electrons. The van der Waals surface area contributed by atoms with E-state index in [1.165, 1.54) is 10.8 Å². The zero-order valence-electron chi connectivity index (χ0n) is 17.2. The lowest BCUT2D eigenvalue weighted by Gasteiger charge is -2.20. The second-order valence-electron chi connectivity index (χ2n) is 7.60. The Kier molecular flexibility index (Phi) is 6.47. The molecule has 3 aromatic rings. The third-order valence-corrected chi connectivity index (χ3v) is 5.93. The molecule has 0 saturated carbocycles. The van der Waals surface area contributed by atoms with Crippen LogP contribution in [0.1, 0.15) is 23.8 Å². The van der Waals surface area contributed by atoms with Crippen LogP contribution in [0.5, 0.6) is 11.5 Å². The van der Waals surface area contributed by atoms with Crippen LogP contribution in [0.15, 0.2) is 64.3 Å². The quantitative estimate of drug-likeness (QED) is 0.490. The van der Waals surface area contributed by atoms with E-state index in [1.54, 1.807) is 0 Å². The number of aromatic nitrogens is 2. The van der Waals surface area contributed by atoms with Gasteiger partial charge in [0.05, 0.1) is 3.57 Å². The van der Waals surface area contributed by atoms with E-state index in [4.69, 9.17) is 14.2 Å². The van der Waals surface area contributed by atoms with Gasteiger partial charge < -0.3 is 14.2 Å². The Hall–Kier alpha value is -2.59. The first-order chi connectivity index (χ1) is 14.9. The number of hydrogen-bond donors (Lipinski definition) is 1. The highest BCUT2D eigenvalue weighted by atomic mass is 127. The molecular weight excluding hydrogens is 511 g/mol. The number of hydrogen-bond acceptors (Lipinski definition) is 5. The van der Waals surface area contributed by atoms with Crippen molar-refractivity contribution in [2.75, 3.05) is 6.61 Å². The molecule has 1 aliphatic heterocycles. The van der Waals surface area contributed by atoms with Gasteiger partial charge >= 0.3 is 5.69 Å². The fraction of sp³-hybridized carbons (Fsp3) is 0.304. The second kappa shape index (κ2) is 9.27. The Morgan fingerprint density at radius 3 is 2.29 bits per heavy atom. The third kappa shape index (κ3) is 5.19. The fourth-order valence-electron chi connectivity index (χ4n) is 3.42. The Labute approximate surface area is 193 Å². The first-order valence-corrected chi connectivity index (χ1v) is 11.1. The molecule has 8 heteroatoms. The molecule has 0 aliphatic carbocycles. The molecular formula is C23H23IN2O5. The highest BCUT2D eigenvalue weighted by Gasteiger charge is 2.39. The van der Waals surface area contributed by atoms with E-state index in [2.05, 4.69) is 4.98 Å². The number of ether oxygens (including phenoxy) is 3. The van der Waals surface area contributed by atoms with E-state index in [0.717, 1.165) is 22.6 Å². The first-order valence-electron chi connectivity index (χ1n) is 9.98. The van der Waals surface area contributed by atoms with Gasteiger partial charge in [0, 0.05) is 12.6 Å². The summed E-state index contributed by atoms with van der Waals surface area (Å²) in [6.45, 7) is 4.30. The van der Waals surface area contributed by atoms with Gasteiger partial charge in [0.2, 0.25) is 0 Å². The van der Waals surface area contributed by atoms with Crippen molar-refractivity contribution in [3.05, 3.63) is 90.3 Å². The van der Waals surface area contributed by atoms with Crippen molar-refractivity contribution in [1.29, 1.82) is 0 Å². The Balaban J connectivity index is 1.55. The molecule has 1 fully saturated rings. The second-order valence-corrected chi connectivity index (χ2v) is 8.76. The Bertz CT molecular complexity index is 1150. The summed E-state index contributed by atoms with van der Waals surface area (Å²) >= 11 is 1.90. The maximum absolute atomic E-state index is 12.4. The molecule has 1 aromatic heterocycles. The van der Waals surface area contributed by atoms with Crippen molar-refractivity contribution in [3.8, 4) is 11.5 Å². The molecule has 7 nitrogen and oxygen atoms in total. The number of halogens is 1. The molecule has 0 amide bonds. The number of nitrogens with one attached hydrogen (secondary N) is 1. The van der Waals surface area contributed by atoms with Crippen molar-refractivity contribution >= 4 is 22.6 Å². The van der Waals surface area contributed by atoms with Crippen molar-refractivity contribution < 1.29 is 14.2 Å². The zero-order valence-corrected chi connectivity index (χ0v) is 19.4. The molecule has 2 aromatic carbocycles. The van der Waals surface area contributed by atoms with Gasteiger partial charge in [0.1, 0.15) is 36.5 Å². The number of H-pyrrole nitrogens is 1. The maximum Gasteiger partial charge on any atom is 0.330 e. The lowest BCUT2D eigenvalue weighted by atomic mass is 10.1. The van der Waals surface area contributed by atoms with Gasteiger partial charge in [0.25, 0.3) is 5.56 Å². The van der Waals surface area contributed by atoms with Gasteiger partial charge in [-0.1, -0.05) is 35.4 Å². The van der Waals surface area contributed by atoms with E-state index >= 15 is 0 Å². The minimum atomic E-state index is -0.570. The van der Waals surface area contributed by atoms with Crippen LogP contribution in [0.2, 0.25) is 0 Å². The summed E-state index contributed by atoms with van der Waals surface area (Å²) in [7, 11) is 0. The van der Waals surface area contributed by atoms with Crippen LogP contribution in [0.25, 0.3) is 0 Å². The summed E-state index contributed by atoms with van der Waals surface area (Å²) in [5.74, 6) is 1.46. The van der Waals surface area contributed by atoms with Crippen LogP contribution < -0.4 is 20.7 Å². The molecule has 31 heavy (non-hydrogen) atoms. The standard InChI is InChI=1S/C23H23IN2O5/c1-14-3-7-16(8-4-14)29-13-20-19(30-17-9-5-15(2)6-10-17)11-21(31-20)26-12-18(24)22(27)25-23(26)28/h3-10,12,19-21H,11,13H2,1-2H3,(H,25,27,28)/t19-,20+,21?/m0/s1. The molecule has 1 N–H and O–H groups in total. The summed E-state index contributed by atoms with van der Waals surface area (Å²) in [6, 6.07) is 15.6. The number of rotatable bonds is 6. The van der Waals surface area contributed by atoms with Gasteiger partial charge in [0.15, 0.2) is 0 Å². The molecule has 0 spiro atoms. The lowest BCUT2D eigenvalue weighted by molar-refractivity contribution is -0.0372. The normalized spacial score (nSPS) is 20.5.